The number of likely N-dealkylation sites (tertiary alicyclic amines) is 1. The van der Waals surface area contributed by atoms with Gasteiger partial charge >= 0.3 is 11.9 Å². The first-order valence-electron chi connectivity index (χ1n) is 6.75. The maximum absolute atomic E-state index is 11.4. The van der Waals surface area contributed by atoms with Crippen LogP contribution in [0.5, 0.6) is 0 Å². The molecule has 0 aliphatic carbocycles. The molecule has 0 amide bonds. The van der Waals surface area contributed by atoms with E-state index in [1.807, 2.05) is 0 Å². The minimum absolute atomic E-state index is 0.0618. The Morgan fingerprint density at radius 1 is 0.947 bits per heavy atom. The Morgan fingerprint density at radius 2 is 1.53 bits per heavy atom. The Morgan fingerprint density at radius 3 is 2.11 bits per heavy atom. The molecule has 19 heavy (non-hydrogen) atoms. The lowest BCUT2D eigenvalue weighted by Gasteiger charge is -2.14. The summed E-state index contributed by atoms with van der Waals surface area (Å²) in [7, 11) is 1.53. The standard InChI is InChI=1S/C13H23NO5/c1-17-10-11-19-13(16)5-4-12(15)18-9-8-14-6-2-3-7-14/h2-11H2,1H3. The summed E-state index contributed by atoms with van der Waals surface area (Å²) in [6.45, 7) is 3.94. The Labute approximate surface area is 114 Å². The van der Waals surface area contributed by atoms with Gasteiger partial charge < -0.3 is 14.2 Å². The molecular formula is C13H23NO5. The van der Waals surface area contributed by atoms with Gasteiger partial charge in [-0.3, -0.25) is 14.5 Å². The average molecular weight is 273 g/mol. The fraction of sp³-hybridized carbons (Fsp3) is 0.846. The Bertz CT molecular complexity index is 276. The minimum Gasteiger partial charge on any atom is -0.464 e. The molecular weight excluding hydrogens is 250 g/mol. The number of esters is 2. The van der Waals surface area contributed by atoms with Gasteiger partial charge in [-0.25, -0.2) is 0 Å². The molecule has 0 spiro atoms. The van der Waals surface area contributed by atoms with Crippen LogP contribution in [0.15, 0.2) is 0 Å². The van der Waals surface area contributed by atoms with Crippen LogP contribution in [0.4, 0.5) is 0 Å². The molecule has 1 fully saturated rings. The first kappa shape index (κ1) is 15.9. The second kappa shape index (κ2) is 9.75. The molecule has 6 nitrogen and oxygen atoms in total. The molecule has 1 rings (SSSR count). The predicted molar refractivity (Wildman–Crippen MR) is 68.7 cm³/mol. The van der Waals surface area contributed by atoms with Gasteiger partial charge in [0.2, 0.25) is 0 Å². The molecule has 0 atom stereocenters. The zero-order valence-corrected chi connectivity index (χ0v) is 11.6. The molecule has 0 aromatic heterocycles. The predicted octanol–water partition coefficient (Wildman–Crippen LogP) is 0.595. The molecule has 0 aromatic carbocycles. The van der Waals surface area contributed by atoms with Crippen LogP contribution in [0.25, 0.3) is 0 Å². The van der Waals surface area contributed by atoms with Gasteiger partial charge in [0.15, 0.2) is 0 Å². The number of hydrogen-bond acceptors (Lipinski definition) is 6. The van der Waals surface area contributed by atoms with Gasteiger partial charge in [0.1, 0.15) is 13.2 Å². The highest BCUT2D eigenvalue weighted by Gasteiger charge is 2.13. The van der Waals surface area contributed by atoms with E-state index >= 15 is 0 Å². The summed E-state index contributed by atoms with van der Waals surface area (Å²) in [6, 6.07) is 0. The molecule has 1 heterocycles. The molecule has 0 aromatic rings. The highest BCUT2D eigenvalue weighted by Crippen LogP contribution is 2.06. The fourth-order valence-electron chi connectivity index (χ4n) is 1.88. The molecule has 0 bridgehead atoms. The van der Waals surface area contributed by atoms with E-state index in [0.717, 1.165) is 19.6 Å². The normalized spacial score (nSPS) is 15.4. The van der Waals surface area contributed by atoms with E-state index < -0.39 is 5.97 Å². The summed E-state index contributed by atoms with van der Waals surface area (Å²) in [6.07, 6.45) is 2.58. The van der Waals surface area contributed by atoms with Crippen LogP contribution in [0, 0.1) is 0 Å². The van der Waals surface area contributed by atoms with Crippen molar-refractivity contribution in [1.29, 1.82) is 0 Å². The third-order valence-corrected chi connectivity index (χ3v) is 2.95. The van der Waals surface area contributed by atoms with E-state index in [1.54, 1.807) is 0 Å². The number of hydrogen-bond donors (Lipinski definition) is 0. The molecule has 110 valence electrons. The second-order valence-electron chi connectivity index (χ2n) is 4.48. The third kappa shape index (κ3) is 7.79. The summed E-state index contributed by atoms with van der Waals surface area (Å²) in [4.78, 5) is 24.9. The van der Waals surface area contributed by atoms with Crippen LogP contribution >= 0.6 is 0 Å². The average Bonchev–Trinajstić information content (AvgIpc) is 2.90. The van der Waals surface area contributed by atoms with Crippen LogP contribution in [-0.2, 0) is 23.8 Å². The lowest BCUT2D eigenvalue weighted by Crippen LogP contribution is -2.25. The summed E-state index contributed by atoms with van der Waals surface area (Å²) in [5, 5.41) is 0. The van der Waals surface area contributed by atoms with Crippen molar-refractivity contribution in [2.45, 2.75) is 25.7 Å². The highest BCUT2D eigenvalue weighted by molar-refractivity contribution is 5.77. The molecule has 6 heteroatoms. The lowest BCUT2D eigenvalue weighted by atomic mass is 10.3. The minimum atomic E-state index is -0.395. The van der Waals surface area contributed by atoms with Crippen LogP contribution < -0.4 is 0 Å². The highest BCUT2D eigenvalue weighted by atomic mass is 16.6. The molecule has 0 N–H and O–H groups in total. The number of rotatable bonds is 9. The van der Waals surface area contributed by atoms with Crippen LogP contribution in [0.1, 0.15) is 25.7 Å². The molecule has 1 aliphatic heterocycles. The van der Waals surface area contributed by atoms with E-state index in [2.05, 4.69) is 4.90 Å². The molecule has 0 saturated carbocycles. The first-order chi connectivity index (χ1) is 9.22. The van der Waals surface area contributed by atoms with E-state index in [-0.39, 0.29) is 25.4 Å². The molecule has 0 unspecified atom stereocenters. The van der Waals surface area contributed by atoms with E-state index in [1.165, 1.54) is 20.0 Å². The maximum atomic E-state index is 11.4. The monoisotopic (exact) mass is 273 g/mol. The second-order valence-corrected chi connectivity index (χ2v) is 4.48. The maximum Gasteiger partial charge on any atom is 0.306 e. The smallest absolute Gasteiger partial charge is 0.306 e. The van der Waals surface area contributed by atoms with Crippen LogP contribution in [0.3, 0.4) is 0 Å². The summed E-state index contributed by atoms with van der Waals surface area (Å²) in [5.41, 5.74) is 0. The van der Waals surface area contributed by atoms with Crippen molar-refractivity contribution >= 4 is 11.9 Å². The summed E-state index contributed by atoms with van der Waals surface area (Å²) < 4.78 is 14.7. The van der Waals surface area contributed by atoms with Gasteiger partial charge in [-0.2, -0.15) is 0 Å². The van der Waals surface area contributed by atoms with Gasteiger partial charge in [-0.05, 0) is 25.9 Å². The number of methoxy groups -OCH3 is 1. The lowest BCUT2D eigenvalue weighted by molar-refractivity contribution is -0.151. The number of nitrogens with zero attached hydrogens (tertiary/aromatic N) is 1. The van der Waals surface area contributed by atoms with Crippen molar-refractivity contribution in [2.24, 2.45) is 0 Å². The third-order valence-electron chi connectivity index (χ3n) is 2.95. The van der Waals surface area contributed by atoms with E-state index in [0.29, 0.717) is 13.2 Å². The largest absolute Gasteiger partial charge is 0.464 e. The summed E-state index contributed by atoms with van der Waals surface area (Å²) in [5.74, 6) is -0.739. The molecule has 0 radical (unpaired) electrons. The van der Waals surface area contributed by atoms with E-state index in [4.69, 9.17) is 14.2 Å². The van der Waals surface area contributed by atoms with E-state index in [9.17, 15) is 9.59 Å². The number of carbonyl (C=O) groups excluding carboxylic acids is 2. The summed E-state index contributed by atoms with van der Waals surface area (Å²) >= 11 is 0. The van der Waals surface area contributed by atoms with Gasteiger partial charge in [0.05, 0.1) is 19.4 Å². The zero-order chi connectivity index (χ0) is 13.9. The number of carbonyl (C=O) groups is 2. The van der Waals surface area contributed by atoms with Gasteiger partial charge in [0, 0.05) is 13.7 Å². The van der Waals surface area contributed by atoms with Crippen molar-refractivity contribution in [3.63, 3.8) is 0 Å². The topological polar surface area (TPSA) is 65.1 Å². The Kier molecular flexibility index (Phi) is 8.16. The van der Waals surface area contributed by atoms with Crippen molar-refractivity contribution in [2.75, 3.05) is 46.6 Å². The Balaban J connectivity index is 1.96. The SMILES string of the molecule is COCCOC(=O)CCC(=O)OCCN1CCCC1. The van der Waals surface area contributed by atoms with Gasteiger partial charge in [0.25, 0.3) is 0 Å². The molecule has 1 aliphatic rings. The van der Waals surface area contributed by atoms with Crippen LogP contribution in [0.2, 0.25) is 0 Å². The van der Waals surface area contributed by atoms with Crippen molar-refractivity contribution in [3.8, 4) is 0 Å². The Hall–Kier alpha value is -1.14. The van der Waals surface area contributed by atoms with Crippen LogP contribution in [-0.4, -0.2) is 63.4 Å². The molecule has 1 saturated heterocycles. The van der Waals surface area contributed by atoms with Crippen molar-refractivity contribution in [3.05, 3.63) is 0 Å². The van der Waals surface area contributed by atoms with Crippen molar-refractivity contribution in [1.82, 2.24) is 4.90 Å². The van der Waals surface area contributed by atoms with Gasteiger partial charge in [-0.1, -0.05) is 0 Å². The first-order valence-corrected chi connectivity index (χ1v) is 6.75. The van der Waals surface area contributed by atoms with Crippen molar-refractivity contribution < 1.29 is 23.8 Å². The zero-order valence-electron chi connectivity index (χ0n) is 11.6. The number of ether oxygens (including phenoxy) is 3. The fourth-order valence-corrected chi connectivity index (χ4v) is 1.88. The quantitative estimate of drug-likeness (QED) is 0.452. The van der Waals surface area contributed by atoms with Gasteiger partial charge in [-0.15, -0.1) is 0 Å².